The number of carbonyl (C=O) groups is 5. The van der Waals surface area contributed by atoms with Gasteiger partial charge in [-0.25, -0.2) is 9.97 Å². The largest absolute Gasteiger partial charge is 0.392 e. The third-order valence-corrected chi connectivity index (χ3v) is 14.9. The lowest BCUT2D eigenvalue weighted by atomic mass is 9.00. The highest BCUT2D eigenvalue weighted by Gasteiger charge is 2.42. The lowest BCUT2D eigenvalue weighted by Gasteiger charge is -2.36. The van der Waals surface area contributed by atoms with Crippen molar-refractivity contribution in [2.45, 2.75) is 71.0 Å². The van der Waals surface area contributed by atoms with E-state index in [1.165, 1.54) is 22.9 Å². The van der Waals surface area contributed by atoms with E-state index in [-0.39, 0.29) is 64.5 Å². The summed E-state index contributed by atoms with van der Waals surface area (Å²) in [4.78, 5) is 94.4. The maximum Gasteiger partial charge on any atom is 0.293 e. The number of aliphatic hydroxyl groups excluding tert-OH is 1. The number of nitrogens with one attached hydrogen (secondary N) is 2. The van der Waals surface area contributed by atoms with Crippen LogP contribution in [-0.2, 0) is 52.2 Å². The zero-order valence-corrected chi connectivity index (χ0v) is 41.4. The molecule has 22 heteroatoms. The highest BCUT2D eigenvalue weighted by Crippen LogP contribution is 2.41. The van der Waals surface area contributed by atoms with Gasteiger partial charge in [0.25, 0.3) is 23.3 Å². The van der Waals surface area contributed by atoms with Crippen LogP contribution in [0.5, 0.6) is 0 Å². The van der Waals surface area contributed by atoms with Gasteiger partial charge >= 0.3 is 0 Å². The number of allylic oxidation sites excluding steroid dienone is 2. The number of aldehydes is 1. The molecule has 0 radical (unpaired) electrons. The van der Waals surface area contributed by atoms with Crippen LogP contribution < -0.4 is 26.0 Å². The van der Waals surface area contributed by atoms with E-state index in [1.807, 2.05) is 42.5 Å². The first-order valence-electron chi connectivity index (χ1n) is 24.8. The Bertz CT molecular complexity index is 2910. The molecule has 1 aromatic carbocycles. The van der Waals surface area contributed by atoms with Crippen molar-refractivity contribution in [3.05, 3.63) is 117 Å². The van der Waals surface area contributed by atoms with Crippen molar-refractivity contribution in [2.24, 2.45) is 12.5 Å². The highest BCUT2D eigenvalue weighted by atomic mass is 16.3. The first-order chi connectivity index (χ1) is 34.1. The molecule has 1 saturated heterocycles. The molecule has 3 aromatic heterocycles. The van der Waals surface area contributed by atoms with Crippen LogP contribution in [-0.4, -0.2) is 145 Å². The topological polar surface area (TPSA) is 195 Å². The lowest BCUT2D eigenvalue weighted by Crippen LogP contribution is -2.50. The summed E-state index contributed by atoms with van der Waals surface area (Å²) in [5, 5.41) is 16.2. The number of aliphatic hydroxyl groups is 1. The summed E-state index contributed by atoms with van der Waals surface area (Å²) in [5.74, 6) is -0.895. The van der Waals surface area contributed by atoms with Gasteiger partial charge in [0.05, 0.1) is 43.7 Å². The standard InChI is InChI=1S/C49H59B5N10O7/c1-48(2)25-30-24-39-46(70)63(23-22-62(39)40(30)26-48)43-37(29-66)34(14-17-56-43)38-27-59(5)47(71)42(58-38)57-31-6-8-32(9-7-31)60-18-20-61(21-19-60)54-53-52-51-50-49(3)15-12-35-36(13-16-49)45(69)64(44(35)68)33(28-65)10-11-41(67)55-4/h6-9,12-17,24,27-28,33,50-54,66H,10-11,18-23,25-26,29H2,1-5H3,(H,55,67)(H,57,58). The number of hydrogen-bond donors (Lipinski definition) is 3. The van der Waals surface area contributed by atoms with E-state index in [0.29, 0.717) is 53.4 Å². The van der Waals surface area contributed by atoms with Crippen LogP contribution in [0.4, 0.5) is 23.0 Å². The lowest BCUT2D eigenvalue weighted by molar-refractivity contribution is -0.143. The first-order valence-corrected chi connectivity index (χ1v) is 24.8. The molecule has 362 valence electrons. The Labute approximate surface area is 417 Å². The Kier molecular flexibility index (Phi) is 14.0. The SMILES string of the molecule is CNC(=O)CCC(C=O)N1C(=O)C2=C(C=CC(C)(BBBBBN3CCN(c4ccc(Nc5nc(-c6ccnc(N7CCn8c(cc9c8CC(C)(C)C9)C7=O)c6CO)cn(C)c5=O)cc4)CC3)C=C2)C1=O. The van der Waals surface area contributed by atoms with E-state index in [4.69, 9.17) is 4.98 Å². The fraction of sp³-hybridized carbons (Fsp3) is 0.388. The molecule has 3 aliphatic heterocycles. The van der Waals surface area contributed by atoms with Crippen LogP contribution in [0.15, 0.2) is 89.0 Å². The Balaban J connectivity index is 0.752. The van der Waals surface area contributed by atoms with Crippen LogP contribution in [0.2, 0.25) is 5.31 Å². The average Bonchev–Trinajstić information content (AvgIpc) is 3.89. The van der Waals surface area contributed by atoms with Gasteiger partial charge in [0.2, 0.25) is 5.91 Å². The number of piperazine rings is 1. The number of carbonyl (C=O) groups excluding carboxylic acids is 5. The number of hydrogen-bond acceptors (Lipinski definition) is 12. The molecule has 1 atom stereocenters. The molecule has 17 nitrogen and oxygen atoms in total. The van der Waals surface area contributed by atoms with Crippen molar-refractivity contribution in [3.63, 3.8) is 0 Å². The molecular weight excluding hydrogens is 895 g/mol. The Morgan fingerprint density at radius 3 is 2.30 bits per heavy atom. The van der Waals surface area contributed by atoms with E-state index in [1.54, 1.807) is 42.6 Å². The number of anilines is 4. The van der Waals surface area contributed by atoms with Crippen molar-refractivity contribution >= 4 is 88.6 Å². The van der Waals surface area contributed by atoms with Crippen molar-refractivity contribution in [1.82, 2.24) is 34.1 Å². The minimum absolute atomic E-state index is 0.0336. The zero-order valence-electron chi connectivity index (χ0n) is 41.4. The van der Waals surface area contributed by atoms with E-state index in [9.17, 15) is 33.9 Å². The molecular formula is C49H59B5N10O7. The van der Waals surface area contributed by atoms with Gasteiger partial charge in [0.15, 0.2) is 13.1 Å². The Hall–Kier alpha value is -6.66. The Morgan fingerprint density at radius 2 is 1.62 bits per heavy atom. The number of rotatable bonds is 17. The van der Waals surface area contributed by atoms with E-state index < -0.39 is 17.9 Å². The molecule has 4 aromatic rings. The smallest absolute Gasteiger partial charge is 0.293 e. The minimum Gasteiger partial charge on any atom is -0.392 e. The van der Waals surface area contributed by atoms with Gasteiger partial charge in [-0.2, -0.15) is 0 Å². The molecule has 1 unspecified atom stereocenters. The monoisotopic (exact) mass is 955 g/mol. The summed E-state index contributed by atoms with van der Waals surface area (Å²) in [6.07, 6.45) is 13.2. The van der Waals surface area contributed by atoms with Crippen molar-refractivity contribution in [2.75, 3.05) is 54.9 Å². The molecule has 0 bridgehead atoms. The molecule has 9 rings (SSSR count). The van der Waals surface area contributed by atoms with E-state index in [0.717, 1.165) is 85.3 Å². The van der Waals surface area contributed by atoms with Crippen LogP contribution in [0.1, 0.15) is 60.9 Å². The maximum absolute atomic E-state index is 14.0. The average molecular weight is 954 g/mol. The number of fused-ring (bicyclic) bond motifs is 3. The summed E-state index contributed by atoms with van der Waals surface area (Å²) in [5.41, 5.74) is 6.86. The number of nitrogens with zero attached hydrogens (tertiary/aromatic N) is 8. The highest BCUT2D eigenvalue weighted by molar-refractivity contribution is 7.53. The fourth-order valence-electron chi connectivity index (χ4n) is 10.8. The minimum atomic E-state index is -0.998. The molecule has 71 heavy (non-hydrogen) atoms. The third kappa shape index (κ3) is 10.0. The van der Waals surface area contributed by atoms with Gasteiger partial charge in [-0.05, 0) is 72.0 Å². The van der Waals surface area contributed by atoms with Gasteiger partial charge in [0.1, 0.15) is 17.8 Å². The van der Waals surface area contributed by atoms with Gasteiger partial charge in [-0.15, -0.1) is 0 Å². The number of aromatic nitrogens is 4. The second-order valence-corrected chi connectivity index (χ2v) is 20.5. The van der Waals surface area contributed by atoms with Gasteiger partial charge in [-0.3, -0.25) is 33.8 Å². The molecule has 0 spiro atoms. The number of amides is 4. The summed E-state index contributed by atoms with van der Waals surface area (Å²) in [6, 6.07) is 10.8. The van der Waals surface area contributed by atoms with Crippen molar-refractivity contribution in [3.8, 4) is 11.3 Å². The molecule has 5 aliphatic rings. The van der Waals surface area contributed by atoms with Gasteiger partial charge in [0, 0.05) is 114 Å². The molecule has 2 aliphatic carbocycles. The van der Waals surface area contributed by atoms with Crippen molar-refractivity contribution < 1.29 is 29.1 Å². The number of benzene rings is 1. The van der Waals surface area contributed by atoms with Gasteiger partial charge in [-0.1, -0.05) is 45.1 Å². The summed E-state index contributed by atoms with van der Waals surface area (Å²) < 4.78 is 3.62. The predicted octanol–water partition coefficient (Wildman–Crippen LogP) is 0.608. The van der Waals surface area contributed by atoms with Gasteiger partial charge < -0.3 is 39.4 Å². The van der Waals surface area contributed by atoms with Crippen LogP contribution >= 0.6 is 0 Å². The number of pyridine rings is 1. The summed E-state index contributed by atoms with van der Waals surface area (Å²) >= 11 is 0. The molecule has 0 saturated carbocycles. The quantitative estimate of drug-likeness (QED) is 0.0579. The Morgan fingerprint density at radius 1 is 0.901 bits per heavy atom. The maximum atomic E-state index is 14.0. The predicted molar refractivity (Wildman–Crippen MR) is 284 cm³/mol. The normalized spacial score (nSPS) is 18.4. The number of imide groups is 1. The van der Waals surface area contributed by atoms with Crippen LogP contribution in [0.25, 0.3) is 11.3 Å². The molecule has 3 N–H and O–H groups in total. The van der Waals surface area contributed by atoms with E-state index in [2.05, 4.69) is 50.7 Å². The van der Waals surface area contributed by atoms with E-state index >= 15 is 0 Å². The summed E-state index contributed by atoms with van der Waals surface area (Å²) in [7, 11) is 8.10. The second-order valence-electron chi connectivity index (χ2n) is 20.5. The van der Waals surface area contributed by atoms with Crippen LogP contribution in [0.3, 0.4) is 0 Å². The summed E-state index contributed by atoms with van der Waals surface area (Å²) in [6.45, 7) is 10.9. The fourth-order valence-corrected chi connectivity index (χ4v) is 10.8. The third-order valence-electron chi connectivity index (χ3n) is 14.9. The van der Waals surface area contributed by atoms with Crippen LogP contribution in [0, 0.1) is 5.41 Å². The zero-order chi connectivity index (χ0) is 50.2. The first kappa shape index (κ1) is 49.3. The second kappa shape index (κ2) is 20.2. The molecule has 4 amide bonds. The molecule has 6 heterocycles. The molecule has 1 fully saturated rings. The van der Waals surface area contributed by atoms with Crippen molar-refractivity contribution in [1.29, 1.82) is 0 Å². The number of aryl methyl sites for hydroxylation is 1.